The summed E-state index contributed by atoms with van der Waals surface area (Å²) in [6.45, 7) is 1.55. The Bertz CT molecular complexity index is 425. The van der Waals surface area contributed by atoms with E-state index >= 15 is 0 Å². The van der Waals surface area contributed by atoms with Crippen molar-refractivity contribution >= 4 is 5.91 Å². The highest BCUT2D eigenvalue weighted by atomic mass is 19.1. The van der Waals surface area contributed by atoms with Crippen molar-refractivity contribution in [2.24, 2.45) is 5.92 Å². The van der Waals surface area contributed by atoms with Crippen LogP contribution in [0, 0.1) is 17.6 Å². The molecule has 1 aliphatic heterocycles. The third-order valence-corrected chi connectivity index (χ3v) is 3.23. The summed E-state index contributed by atoms with van der Waals surface area (Å²) in [5.74, 6) is -1.00. The van der Waals surface area contributed by atoms with E-state index in [1.807, 2.05) is 0 Å². The van der Waals surface area contributed by atoms with E-state index in [1.165, 1.54) is 12.1 Å². The lowest BCUT2D eigenvalue weighted by molar-refractivity contribution is -0.122. The molecule has 1 aromatic carbocycles. The number of nitrogens with one attached hydrogen (secondary N) is 1. The second-order valence-electron chi connectivity index (χ2n) is 4.81. The van der Waals surface area contributed by atoms with E-state index in [4.69, 9.17) is 4.74 Å². The van der Waals surface area contributed by atoms with Gasteiger partial charge in [0.25, 0.3) is 0 Å². The number of ether oxygens (including phenoxy) is 1. The molecule has 0 saturated carbocycles. The van der Waals surface area contributed by atoms with Gasteiger partial charge in [0, 0.05) is 32.2 Å². The monoisotopic (exact) mass is 269 g/mol. The molecule has 0 aromatic heterocycles. The molecule has 1 N–H and O–H groups in total. The molecule has 1 heterocycles. The number of amides is 1. The van der Waals surface area contributed by atoms with Crippen molar-refractivity contribution in [1.82, 2.24) is 5.32 Å². The Morgan fingerprint density at radius 1 is 1.21 bits per heavy atom. The normalized spacial score (nSPS) is 16.3. The maximum Gasteiger partial charge on any atom is 0.220 e. The maximum atomic E-state index is 13.0. The van der Waals surface area contributed by atoms with E-state index < -0.39 is 11.6 Å². The topological polar surface area (TPSA) is 38.3 Å². The van der Waals surface area contributed by atoms with Gasteiger partial charge in [-0.2, -0.15) is 0 Å². The highest BCUT2D eigenvalue weighted by Gasteiger charge is 2.17. The zero-order chi connectivity index (χ0) is 13.7. The van der Waals surface area contributed by atoms with Gasteiger partial charge < -0.3 is 10.1 Å². The molecule has 19 heavy (non-hydrogen) atoms. The summed E-state index contributed by atoms with van der Waals surface area (Å²) >= 11 is 0. The number of carbonyl (C=O) groups is 1. The van der Waals surface area contributed by atoms with E-state index in [0.29, 0.717) is 31.1 Å². The molecule has 0 aliphatic carbocycles. The Hall–Kier alpha value is -1.49. The van der Waals surface area contributed by atoms with E-state index in [-0.39, 0.29) is 12.5 Å². The summed E-state index contributed by atoms with van der Waals surface area (Å²) in [7, 11) is 0. The van der Waals surface area contributed by atoms with Gasteiger partial charge in [0.05, 0.1) is 0 Å². The molecule has 1 amide bonds. The van der Waals surface area contributed by atoms with Gasteiger partial charge >= 0.3 is 0 Å². The SMILES string of the molecule is O=C(CC1CCOCC1)NCc1cc(F)cc(F)c1. The van der Waals surface area contributed by atoms with Crippen molar-refractivity contribution in [3.8, 4) is 0 Å². The van der Waals surface area contributed by atoms with Gasteiger partial charge in [-0.15, -0.1) is 0 Å². The van der Waals surface area contributed by atoms with Gasteiger partial charge in [0.2, 0.25) is 5.91 Å². The first-order chi connectivity index (χ1) is 9.13. The lowest BCUT2D eigenvalue weighted by Gasteiger charge is -2.21. The second-order valence-corrected chi connectivity index (χ2v) is 4.81. The average molecular weight is 269 g/mol. The third-order valence-electron chi connectivity index (χ3n) is 3.23. The minimum atomic E-state index is -0.631. The molecule has 3 nitrogen and oxygen atoms in total. The van der Waals surface area contributed by atoms with E-state index in [0.717, 1.165) is 18.9 Å². The summed E-state index contributed by atoms with van der Waals surface area (Å²) in [4.78, 5) is 11.7. The number of hydrogen-bond donors (Lipinski definition) is 1. The Balaban J connectivity index is 1.79. The molecule has 0 unspecified atom stereocenters. The van der Waals surface area contributed by atoms with Crippen LogP contribution < -0.4 is 5.32 Å². The van der Waals surface area contributed by atoms with Gasteiger partial charge in [0.1, 0.15) is 11.6 Å². The van der Waals surface area contributed by atoms with Gasteiger partial charge in [0.15, 0.2) is 0 Å². The Kier molecular flexibility index (Phi) is 4.85. The summed E-state index contributed by atoms with van der Waals surface area (Å²) in [6.07, 6.45) is 2.23. The largest absolute Gasteiger partial charge is 0.381 e. The smallest absolute Gasteiger partial charge is 0.220 e. The molecule has 0 radical (unpaired) electrons. The summed E-state index contributed by atoms with van der Waals surface area (Å²) in [6, 6.07) is 3.25. The minimum absolute atomic E-state index is 0.0865. The molecule has 1 saturated heterocycles. The van der Waals surface area contributed by atoms with Crippen molar-refractivity contribution in [2.45, 2.75) is 25.8 Å². The fourth-order valence-corrected chi connectivity index (χ4v) is 2.20. The molecule has 1 aromatic rings. The zero-order valence-corrected chi connectivity index (χ0v) is 10.6. The predicted molar refractivity (Wildman–Crippen MR) is 66.4 cm³/mol. The average Bonchev–Trinajstić information content (AvgIpc) is 2.36. The first-order valence-corrected chi connectivity index (χ1v) is 6.43. The van der Waals surface area contributed by atoms with Crippen LogP contribution in [0.2, 0.25) is 0 Å². The highest BCUT2D eigenvalue weighted by molar-refractivity contribution is 5.76. The zero-order valence-electron chi connectivity index (χ0n) is 10.6. The fraction of sp³-hybridized carbons (Fsp3) is 0.500. The molecular formula is C14H17F2NO2. The van der Waals surface area contributed by atoms with Crippen LogP contribution in [0.5, 0.6) is 0 Å². The van der Waals surface area contributed by atoms with Crippen molar-refractivity contribution < 1.29 is 18.3 Å². The van der Waals surface area contributed by atoms with Crippen LogP contribution in [-0.2, 0) is 16.1 Å². The van der Waals surface area contributed by atoms with E-state index in [9.17, 15) is 13.6 Å². The van der Waals surface area contributed by atoms with Crippen molar-refractivity contribution in [3.63, 3.8) is 0 Å². The van der Waals surface area contributed by atoms with Gasteiger partial charge in [-0.3, -0.25) is 4.79 Å². The number of carbonyl (C=O) groups excluding carboxylic acids is 1. The van der Waals surface area contributed by atoms with Crippen LogP contribution >= 0.6 is 0 Å². The predicted octanol–water partition coefficient (Wildman–Crippen LogP) is 2.40. The Labute approximate surface area is 111 Å². The molecule has 0 atom stereocenters. The standard InChI is InChI=1S/C14H17F2NO2/c15-12-5-11(6-13(16)8-12)9-17-14(18)7-10-1-3-19-4-2-10/h5-6,8,10H,1-4,7,9H2,(H,17,18). The fourth-order valence-electron chi connectivity index (χ4n) is 2.20. The molecule has 0 spiro atoms. The third kappa shape index (κ3) is 4.59. The van der Waals surface area contributed by atoms with Crippen molar-refractivity contribution in [1.29, 1.82) is 0 Å². The van der Waals surface area contributed by atoms with Gasteiger partial charge in [-0.1, -0.05) is 0 Å². The summed E-state index contributed by atoms with van der Waals surface area (Å²) in [5.41, 5.74) is 0.429. The lowest BCUT2D eigenvalue weighted by Crippen LogP contribution is -2.27. The summed E-state index contributed by atoms with van der Waals surface area (Å²) < 4.78 is 31.1. The first-order valence-electron chi connectivity index (χ1n) is 6.43. The number of benzene rings is 1. The maximum absolute atomic E-state index is 13.0. The minimum Gasteiger partial charge on any atom is -0.381 e. The van der Waals surface area contributed by atoms with E-state index in [1.54, 1.807) is 0 Å². The van der Waals surface area contributed by atoms with Gasteiger partial charge in [-0.05, 0) is 36.5 Å². The van der Waals surface area contributed by atoms with E-state index in [2.05, 4.69) is 5.32 Å². The molecule has 0 bridgehead atoms. The highest BCUT2D eigenvalue weighted by Crippen LogP contribution is 2.18. The Morgan fingerprint density at radius 3 is 2.47 bits per heavy atom. The van der Waals surface area contributed by atoms with Crippen LogP contribution in [0.4, 0.5) is 8.78 Å². The molecular weight excluding hydrogens is 252 g/mol. The van der Waals surface area contributed by atoms with Crippen LogP contribution in [-0.4, -0.2) is 19.1 Å². The van der Waals surface area contributed by atoms with Crippen molar-refractivity contribution in [3.05, 3.63) is 35.4 Å². The van der Waals surface area contributed by atoms with Crippen LogP contribution in [0.1, 0.15) is 24.8 Å². The number of rotatable bonds is 4. The Morgan fingerprint density at radius 2 is 1.84 bits per heavy atom. The first kappa shape index (κ1) is 13.9. The molecule has 2 rings (SSSR count). The molecule has 1 aliphatic rings. The molecule has 1 fully saturated rings. The van der Waals surface area contributed by atoms with Crippen LogP contribution in [0.15, 0.2) is 18.2 Å². The number of hydrogen-bond acceptors (Lipinski definition) is 2. The van der Waals surface area contributed by atoms with Gasteiger partial charge in [-0.25, -0.2) is 8.78 Å². The van der Waals surface area contributed by atoms with Crippen LogP contribution in [0.3, 0.4) is 0 Å². The van der Waals surface area contributed by atoms with Crippen molar-refractivity contribution in [2.75, 3.05) is 13.2 Å². The quantitative estimate of drug-likeness (QED) is 0.911. The lowest BCUT2D eigenvalue weighted by atomic mass is 9.96. The molecule has 5 heteroatoms. The number of halogens is 2. The van der Waals surface area contributed by atoms with Crippen LogP contribution in [0.25, 0.3) is 0 Å². The second kappa shape index (κ2) is 6.61. The molecule has 104 valence electrons. The summed E-state index contributed by atoms with van der Waals surface area (Å²) in [5, 5.41) is 2.69.